The number of hydrogen-bond acceptors (Lipinski definition) is 1. The minimum atomic E-state index is 0.500. The predicted molar refractivity (Wildman–Crippen MR) is 130 cm³/mol. The van der Waals surface area contributed by atoms with E-state index in [2.05, 4.69) is 83.9 Å². The van der Waals surface area contributed by atoms with E-state index in [1.54, 1.807) is 0 Å². The van der Waals surface area contributed by atoms with Gasteiger partial charge in [0.2, 0.25) is 5.75 Å². The molecule has 6 aromatic rings. The van der Waals surface area contributed by atoms with E-state index in [9.17, 15) is 0 Å². The minimum absolute atomic E-state index is 0.500. The van der Waals surface area contributed by atoms with Crippen molar-refractivity contribution in [2.24, 2.45) is 7.05 Å². The molecule has 0 saturated heterocycles. The van der Waals surface area contributed by atoms with Gasteiger partial charge in [-0.05, 0) is 36.0 Å². The predicted octanol–water partition coefficient (Wildman–Crippen LogP) is 6.84. The summed E-state index contributed by atoms with van der Waals surface area (Å²) >= 11 is 0. The van der Waals surface area contributed by atoms with Crippen LogP contribution in [0.15, 0.2) is 91.1 Å². The second-order valence-electron chi connectivity index (χ2n) is 8.49. The standard InChI is InChI=1S/C29H21N2O/c1-18-14-15-19-8-7-13-25-27(19)26(18)28-29(32-25)24(16-17-30(28)2)31-22-11-5-3-9-20(22)21-10-4-6-12-23(21)31/h3-17H,1-2H3/q+1/i11D. The Kier molecular flexibility index (Phi) is 3.21. The first-order valence-corrected chi connectivity index (χ1v) is 10.9. The average molecular weight is 415 g/mol. The van der Waals surface area contributed by atoms with E-state index in [-0.39, 0.29) is 0 Å². The van der Waals surface area contributed by atoms with Crippen LogP contribution in [-0.4, -0.2) is 4.57 Å². The van der Waals surface area contributed by atoms with Gasteiger partial charge >= 0.3 is 0 Å². The van der Waals surface area contributed by atoms with Crippen molar-refractivity contribution in [1.29, 1.82) is 0 Å². The van der Waals surface area contributed by atoms with E-state index < -0.39 is 0 Å². The zero-order valence-corrected chi connectivity index (χ0v) is 17.9. The normalized spacial score (nSPS) is 12.8. The number of benzene rings is 4. The summed E-state index contributed by atoms with van der Waals surface area (Å²) in [6.45, 7) is 2.16. The highest BCUT2D eigenvalue weighted by Crippen LogP contribution is 2.49. The third kappa shape index (κ3) is 2.17. The maximum absolute atomic E-state index is 8.75. The van der Waals surface area contributed by atoms with Crippen LogP contribution in [0.2, 0.25) is 0 Å². The Hall–Kier alpha value is -4.11. The topological polar surface area (TPSA) is 18.0 Å². The van der Waals surface area contributed by atoms with Gasteiger partial charge in [0.05, 0.1) is 18.0 Å². The first kappa shape index (κ1) is 16.6. The Balaban J connectivity index is 1.67. The lowest BCUT2D eigenvalue weighted by atomic mass is 9.93. The number of nitrogens with zero attached hydrogens (tertiary/aromatic N) is 2. The highest BCUT2D eigenvalue weighted by molar-refractivity contribution is 6.10. The fourth-order valence-electron chi connectivity index (χ4n) is 5.23. The van der Waals surface area contributed by atoms with Crippen LogP contribution in [0.1, 0.15) is 6.93 Å². The summed E-state index contributed by atoms with van der Waals surface area (Å²) in [4.78, 5) is 0. The molecular weight excluding hydrogens is 392 g/mol. The van der Waals surface area contributed by atoms with E-state index in [1.807, 2.05) is 24.3 Å². The van der Waals surface area contributed by atoms with E-state index >= 15 is 0 Å². The largest absolute Gasteiger partial charge is 0.447 e. The van der Waals surface area contributed by atoms with Crippen molar-refractivity contribution < 1.29 is 10.7 Å². The van der Waals surface area contributed by atoms with Gasteiger partial charge in [-0.1, -0.05) is 60.7 Å². The van der Waals surface area contributed by atoms with Crippen LogP contribution in [0.5, 0.6) is 11.5 Å². The first-order chi connectivity index (χ1) is 16.1. The Bertz CT molecular complexity index is 1780. The van der Waals surface area contributed by atoms with Crippen LogP contribution in [-0.2, 0) is 7.05 Å². The smallest absolute Gasteiger partial charge is 0.258 e. The molecule has 3 heteroatoms. The Labute approximate surface area is 187 Å². The number of fused-ring (bicyclic) bond motifs is 5. The Morgan fingerprint density at radius 1 is 0.844 bits per heavy atom. The van der Waals surface area contributed by atoms with E-state index in [0.717, 1.165) is 50.1 Å². The lowest BCUT2D eigenvalue weighted by Crippen LogP contribution is -2.32. The molecule has 7 rings (SSSR count). The number of pyridine rings is 1. The Morgan fingerprint density at radius 2 is 1.66 bits per heavy atom. The molecule has 0 aliphatic carbocycles. The summed E-state index contributed by atoms with van der Waals surface area (Å²) in [6.07, 6.45) is 2.09. The van der Waals surface area contributed by atoms with Gasteiger partial charge in [0.25, 0.3) is 5.69 Å². The highest BCUT2D eigenvalue weighted by atomic mass is 16.5. The number of aromatic nitrogens is 2. The van der Waals surface area contributed by atoms with Gasteiger partial charge in [-0.3, -0.25) is 0 Å². The summed E-state index contributed by atoms with van der Waals surface area (Å²) in [5.74, 6) is 1.69. The molecule has 0 N–H and O–H groups in total. The molecule has 0 fully saturated rings. The average Bonchev–Trinajstić information content (AvgIpc) is 3.17. The minimum Gasteiger partial charge on any atom is -0.447 e. The fourth-order valence-corrected chi connectivity index (χ4v) is 5.23. The quantitative estimate of drug-likeness (QED) is 0.269. The monoisotopic (exact) mass is 414 g/mol. The van der Waals surface area contributed by atoms with Crippen molar-refractivity contribution in [3.05, 3.63) is 96.7 Å². The molecule has 0 unspecified atom stereocenters. The zero-order chi connectivity index (χ0) is 22.3. The molecular formula is C29H21N2O+. The molecule has 0 radical (unpaired) electrons. The molecule has 1 aliphatic heterocycles. The molecule has 32 heavy (non-hydrogen) atoms. The summed E-state index contributed by atoms with van der Waals surface area (Å²) in [7, 11) is 2.07. The van der Waals surface area contributed by atoms with Crippen molar-refractivity contribution in [3.8, 4) is 28.4 Å². The van der Waals surface area contributed by atoms with Crippen LogP contribution in [0.4, 0.5) is 0 Å². The molecule has 3 nitrogen and oxygen atoms in total. The number of aryl methyl sites for hydroxylation is 2. The van der Waals surface area contributed by atoms with Crippen LogP contribution < -0.4 is 9.30 Å². The van der Waals surface area contributed by atoms with Crippen molar-refractivity contribution in [3.63, 3.8) is 0 Å². The van der Waals surface area contributed by atoms with Crippen molar-refractivity contribution in [1.82, 2.24) is 4.57 Å². The second-order valence-corrected chi connectivity index (χ2v) is 8.49. The van der Waals surface area contributed by atoms with E-state index in [0.29, 0.717) is 6.04 Å². The maximum Gasteiger partial charge on any atom is 0.258 e. The molecule has 0 spiro atoms. The number of para-hydroxylation sites is 2. The molecule has 0 saturated carbocycles. The molecule has 152 valence electrons. The van der Waals surface area contributed by atoms with Gasteiger partial charge in [-0.25, -0.2) is 0 Å². The number of hydrogen-bond donors (Lipinski definition) is 0. The number of ether oxygens (including phenoxy) is 1. The SMILES string of the molecule is [2H]c1cccc2c3ccccc3n(-c3cc[n+](C)c4c3Oc3cccc5ccc(C)c-4c35)c12. The van der Waals surface area contributed by atoms with Crippen LogP contribution in [0.3, 0.4) is 0 Å². The van der Waals surface area contributed by atoms with Gasteiger partial charge in [0.1, 0.15) is 18.5 Å². The molecule has 0 amide bonds. The van der Waals surface area contributed by atoms with Crippen LogP contribution in [0.25, 0.3) is 49.5 Å². The first-order valence-electron chi connectivity index (χ1n) is 11.4. The lowest BCUT2D eigenvalue weighted by molar-refractivity contribution is -0.660. The number of rotatable bonds is 1. The van der Waals surface area contributed by atoms with Crippen molar-refractivity contribution in [2.75, 3.05) is 0 Å². The van der Waals surface area contributed by atoms with Crippen molar-refractivity contribution >= 4 is 32.6 Å². The fraction of sp³-hybridized carbons (Fsp3) is 0.0690. The van der Waals surface area contributed by atoms with Gasteiger partial charge < -0.3 is 9.30 Å². The zero-order valence-electron chi connectivity index (χ0n) is 18.9. The van der Waals surface area contributed by atoms with E-state index in [4.69, 9.17) is 6.11 Å². The van der Waals surface area contributed by atoms with E-state index in [1.165, 1.54) is 16.5 Å². The summed E-state index contributed by atoms with van der Waals surface area (Å²) in [6, 6.07) is 27.5. The third-order valence-corrected chi connectivity index (χ3v) is 6.65. The van der Waals surface area contributed by atoms with Gasteiger partial charge in [-0.15, -0.1) is 0 Å². The lowest BCUT2D eigenvalue weighted by Gasteiger charge is -2.23. The van der Waals surface area contributed by atoms with Gasteiger partial charge in [-0.2, -0.15) is 4.57 Å². The molecule has 4 aromatic carbocycles. The molecule has 3 heterocycles. The summed E-state index contributed by atoms with van der Waals surface area (Å²) in [5.41, 5.74) is 6.40. The van der Waals surface area contributed by atoms with Crippen LogP contribution in [0, 0.1) is 6.92 Å². The molecule has 2 aromatic heterocycles. The van der Waals surface area contributed by atoms with Crippen LogP contribution >= 0.6 is 0 Å². The second kappa shape index (κ2) is 6.21. The molecule has 0 bridgehead atoms. The van der Waals surface area contributed by atoms with Gasteiger partial charge in [0.15, 0.2) is 6.20 Å². The molecule has 0 atom stereocenters. The highest BCUT2D eigenvalue weighted by Gasteiger charge is 2.32. The van der Waals surface area contributed by atoms with Crippen molar-refractivity contribution in [2.45, 2.75) is 6.92 Å². The summed E-state index contributed by atoms with van der Waals surface area (Å²) in [5, 5.41) is 4.54. The molecule has 1 aliphatic rings. The third-order valence-electron chi connectivity index (χ3n) is 6.65. The Morgan fingerprint density at radius 3 is 2.56 bits per heavy atom. The maximum atomic E-state index is 8.75. The van der Waals surface area contributed by atoms with Gasteiger partial charge in [0, 0.05) is 22.2 Å². The summed E-state index contributed by atoms with van der Waals surface area (Å²) < 4.78 is 19.8.